The lowest BCUT2D eigenvalue weighted by Gasteiger charge is -2.16. The van der Waals surface area contributed by atoms with E-state index in [0.717, 1.165) is 16.1 Å². The van der Waals surface area contributed by atoms with Gasteiger partial charge in [-0.15, -0.1) is 0 Å². The fourth-order valence-electron chi connectivity index (χ4n) is 1.91. The number of hydrogen-bond acceptors (Lipinski definition) is 4. The molecule has 2 aromatic rings. The molecule has 2 rings (SSSR count). The molecule has 1 aromatic carbocycles. The van der Waals surface area contributed by atoms with Gasteiger partial charge in [-0.2, -0.15) is 21.5 Å². The predicted molar refractivity (Wildman–Crippen MR) is 96.3 cm³/mol. The monoisotopic (exact) mass is 377 g/mol. The molecular weight excluding hydrogens is 365 g/mol. The molecule has 0 saturated carbocycles. The summed E-state index contributed by atoms with van der Waals surface area (Å²) in [4.78, 5) is 12.1. The minimum Gasteiger partial charge on any atom is -0.381 e. The number of anilines is 1. The molecule has 1 N–H and O–H groups in total. The van der Waals surface area contributed by atoms with Gasteiger partial charge in [-0.3, -0.25) is 4.79 Å². The Bertz CT molecular complexity index is 736. The van der Waals surface area contributed by atoms with Crippen LogP contribution in [0.5, 0.6) is 0 Å². The summed E-state index contributed by atoms with van der Waals surface area (Å²) in [5, 5.41) is 7.85. The molecule has 0 aliphatic rings. The number of benzene rings is 1. The van der Waals surface area contributed by atoms with Crippen molar-refractivity contribution in [1.29, 1.82) is 0 Å². The van der Waals surface area contributed by atoms with Crippen LogP contribution < -0.4 is 10.9 Å². The highest BCUT2D eigenvalue weighted by Gasteiger charge is 2.11. The van der Waals surface area contributed by atoms with E-state index in [0.29, 0.717) is 10.7 Å². The van der Waals surface area contributed by atoms with Crippen molar-refractivity contribution in [3.8, 4) is 5.69 Å². The van der Waals surface area contributed by atoms with Crippen molar-refractivity contribution >= 4 is 52.3 Å². The van der Waals surface area contributed by atoms with Crippen LogP contribution in [-0.2, 0) is 0 Å². The van der Waals surface area contributed by atoms with Gasteiger partial charge in [-0.25, -0.2) is 0 Å². The van der Waals surface area contributed by atoms with Gasteiger partial charge in [-0.05, 0) is 31.4 Å². The smallest absolute Gasteiger partial charge is 0.291 e. The van der Waals surface area contributed by atoms with Crippen molar-refractivity contribution in [2.75, 3.05) is 17.3 Å². The lowest BCUT2D eigenvalue weighted by molar-refractivity contribution is 0.807. The second kappa shape index (κ2) is 7.59. The average molecular weight is 379 g/mol. The normalized spacial score (nSPS) is 12.2. The number of nitrogens with one attached hydrogen (secondary N) is 1. The number of halogens is 3. The number of thioether (sulfide) groups is 1. The fraction of sp³-hybridized carbons (Fsp3) is 0.286. The molecule has 0 spiro atoms. The van der Waals surface area contributed by atoms with Gasteiger partial charge in [0.25, 0.3) is 5.56 Å². The van der Waals surface area contributed by atoms with Gasteiger partial charge in [-0.1, -0.05) is 34.8 Å². The zero-order valence-electron chi connectivity index (χ0n) is 11.9. The molecule has 0 radical (unpaired) electrons. The summed E-state index contributed by atoms with van der Waals surface area (Å²) in [5.74, 6) is 0.964. The first kappa shape index (κ1) is 17.5. The Morgan fingerprint density at radius 1 is 1.32 bits per heavy atom. The average Bonchev–Trinajstić information content (AvgIpc) is 2.47. The van der Waals surface area contributed by atoms with E-state index < -0.39 is 5.56 Å². The van der Waals surface area contributed by atoms with Crippen LogP contribution in [0.25, 0.3) is 5.69 Å². The number of hydrogen-bond donors (Lipinski definition) is 1. The van der Waals surface area contributed by atoms with E-state index in [4.69, 9.17) is 34.8 Å². The third kappa shape index (κ3) is 3.90. The van der Waals surface area contributed by atoms with Crippen LogP contribution in [0.3, 0.4) is 0 Å². The Labute approximate surface area is 147 Å². The van der Waals surface area contributed by atoms with Crippen LogP contribution in [0.4, 0.5) is 5.69 Å². The summed E-state index contributed by atoms with van der Waals surface area (Å²) in [6, 6.07) is 5.50. The van der Waals surface area contributed by atoms with Crippen molar-refractivity contribution in [2.45, 2.75) is 13.0 Å². The Kier molecular flexibility index (Phi) is 6.03. The molecule has 0 saturated heterocycles. The standard InChI is InChI=1S/C14H14Cl3N3OS/c1-8(7-22-2)19-12-4-3-9(5-10(12)15)20-14(21)13(17)11(16)6-18-20/h3-6,8,19H,7H2,1-2H3. The van der Waals surface area contributed by atoms with Crippen LogP contribution in [-0.4, -0.2) is 27.8 Å². The van der Waals surface area contributed by atoms with E-state index in [-0.39, 0.29) is 16.1 Å². The lowest BCUT2D eigenvalue weighted by Crippen LogP contribution is -2.22. The second-order valence-corrected chi connectivity index (χ2v) is 6.79. The van der Waals surface area contributed by atoms with Crippen molar-refractivity contribution in [3.63, 3.8) is 0 Å². The summed E-state index contributed by atoms with van der Waals surface area (Å²) in [7, 11) is 0. The van der Waals surface area contributed by atoms with E-state index >= 15 is 0 Å². The molecule has 4 nitrogen and oxygen atoms in total. The van der Waals surface area contributed by atoms with Gasteiger partial charge in [0.1, 0.15) is 5.02 Å². The molecule has 8 heteroatoms. The number of aromatic nitrogens is 2. The molecule has 1 atom stereocenters. The van der Waals surface area contributed by atoms with E-state index in [1.165, 1.54) is 6.20 Å². The van der Waals surface area contributed by atoms with Crippen molar-refractivity contribution in [2.24, 2.45) is 0 Å². The molecule has 1 unspecified atom stereocenters. The maximum atomic E-state index is 12.1. The zero-order valence-corrected chi connectivity index (χ0v) is 15.0. The second-order valence-electron chi connectivity index (χ2n) is 4.69. The first-order chi connectivity index (χ1) is 10.4. The molecule has 0 aliphatic heterocycles. The Morgan fingerprint density at radius 2 is 2.05 bits per heavy atom. The van der Waals surface area contributed by atoms with E-state index in [1.807, 2.05) is 12.3 Å². The highest BCUT2D eigenvalue weighted by molar-refractivity contribution is 7.98. The van der Waals surface area contributed by atoms with E-state index in [2.05, 4.69) is 17.3 Å². The molecule has 118 valence electrons. The van der Waals surface area contributed by atoms with Crippen molar-refractivity contribution in [3.05, 3.63) is 49.8 Å². The molecule has 22 heavy (non-hydrogen) atoms. The predicted octanol–water partition coefficient (Wildman–Crippen LogP) is 4.36. The summed E-state index contributed by atoms with van der Waals surface area (Å²) < 4.78 is 1.16. The van der Waals surface area contributed by atoms with Crippen molar-refractivity contribution < 1.29 is 0 Å². The van der Waals surface area contributed by atoms with Crippen LogP contribution in [0.2, 0.25) is 15.1 Å². The summed E-state index contributed by atoms with van der Waals surface area (Å²) in [6.45, 7) is 2.08. The Morgan fingerprint density at radius 3 is 2.68 bits per heavy atom. The van der Waals surface area contributed by atoms with Gasteiger partial charge >= 0.3 is 0 Å². The third-order valence-electron chi connectivity index (χ3n) is 2.89. The molecule has 1 heterocycles. The minimum atomic E-state index is -0.485. The van der Waals surface area contributed by atoms with Gasteiger partial charge < -0.3 is 5.32 Å². The first-order valence-electron chi connectivity index (χ1n) is 6.42. The summed E-state index contributed by atoms with van der Waals surface area (Å²) in [5.41, 5.74) is 0.846. The summed E-state index contributed by atoms with van der Waals surface area (Å²) >= 11 is 19.7. The van der Waals surface area contributed by atoms with Crippen molar-refractivity contribution in [1.82, 2.24) is 9.78 Å². The molecular formula is C14H14Cl3N3OS. The van der Waals surface area contributed by atoms with Gasteiger partial charge in [0.05, 0.1) is 27.6 Å². The molecule has 1 aromatic heterocycles. The van der Waals surface area contributed by atoms with Crippen LogP contribution >= 0.6 is 46.6 Å². The molecule has 0 bridgehead atoms. The van der Waals surface area contributed by atoms with Gasteiger partial charge in [0.15, 0.2) is 0 Å². The van der Waals surface area contributed by atoms with E-state index in [1.54, 1.807) is 23.9 Å². The molecule has 0 aliphatic carbocycles. The number of nitrogens with zero attached hydrogens (tertiary/aromatic N) is 2. The highest BCUT2D eigenvalue weighted by atomic mass is 35.5. The first-order valence-corrected chi connectivity index (χ1v) is 8.95. The van der Waals surface area contributed by atoms with Crippen LogP contribution in [0.1, 0.15) is 6.92 Å². The van der Waals surface area contributed by atoms with Crippen LogP contribution in [0.15, 0.2) is 29.2 Å². The minimum absolute atomic E-state index is 0.0661. The quantitative estimate of drug-likeness (QED) is 0.840. The molecule has 0 amide bonds. The maximum absolute atomic E-state index is 12.1. The largest absolute Gasteiger partial charge is 0.381 e. The fourth-order valence-corrected chi connectivity index (χ4v) is 2.97. The van der Waals surface area contributed by atoms with Gasteiger partial charge in [0, 0.05) is 11.8 Å². The highest BCUT2D eigenvalue weighted by Crippen LogP contribution is 2.25. The lowest BCUT2D eigenvalue weighted by atomic mass is 10.2. The Hall–Kier alpha value is -0.880. The van der Waals surface area contributed by atoms with Crippen LogP contribution in [0, 0.1) is 0 Å². The maximum Gasteiger partial charge on any atom is 0.291 e. The zero-order chi connectivity index (χ0) is 16.3. The third-order valence-corrected chi connectivity index (χ3v) is 4.79. The molecule has 0 fully saturated rings. The summed E-state index contributed by atoms with van der Waals surface area (Å²) in [6.07, 6.45) is 3.37. The number of rotatable bonds is 5. The SMILES string of the molecule is CSCC(C)Nc1ccc(-n2ncc(Cl)c(Cl)c2=O)cc1Cl. The van der Waals surface area contributed by atoms with Gasteiger partial charge in [0.2, 0.25) is 0 Å². The van der Waals surface area contributed by atoms with E-state index in [9.17, 15) is 4.79 Å². The Balaban J connectivity index is 2.34. The topological polar surface area (TPSA) is 46.9 Å².